The quantitative estimate of drug-likeness (QED) is 0.604. The largest absolute Gasteiger partial charge is 0.493 e. The third kappa shape index (κ3) is 6.12. The van der Waals surface area contributed by atoms with Crippen molar-refractivity contribution in [1.82, 2.24) is 10.2 Å². The first-order chi connectivity index (χ1) is 14.5. The van der Waals surface area contributed by atoms with Crippen molar-refractivity contribution >= 4 is 11.8 Å². The maximum atomic E-state index is 12.7. The summed E-state index contributed by atoms with van der Waals surface area (Å²) in [6.07, 6.45) is 0. The van der Waals surface area contributed by atoms with Gasteiger partial charge in [-0.25, -0.2) is 0 Å². The molecule has 0 saturated heterocycles. The Morgan fingerprint density at radius 1 is 0.933 bits per heavy atom. The molecule has 0 heterocycles. The van der Waals surface area contributed by atoms with Crippen molar-refractivity contribution < 1.29 is 28.5 Å². The van der Waals surface area contributed by atoms with Crippen LogP contribution in [0.3, 0.4) is 0 Å². The third-order valence-corrected chi connectivity index (χ3v) is 4.46. The van der Waals surface area contributed by atoms with Crippen LogP contribution in [0.2, 0.25) is 0 Å². The van der Waals surface area contributed by atoms with E-state index < -0.39 is 5.91 Å². The molecule has 30 heavy (non-hydrogen) atoms. The van der Waals surface area contributed by atoms with E-state index in [0.29, 0.717) is 42.5 Å². The van der Waals surface area contributed by atoms with Crippen LogP contribution >= 0.6 is 0 Å². The second-order valence-electron chi connectivity index (χ2n) is 6.39. The second kappa shape index (κ2) is 11.7. The minimum Gasteiger partial charge on any atom is -0.493 e. The summed E-state index contributed by atoms with van der Waals surface area (Å²) in [6.45, 7) is 1.11. The average molecular weight is 416 g/mol. The monoisotopic (exact) mass is 416 g/mol. The molecule has 0 fully saturated rings. The Balaban J connectivity index is 2.08. The number of benzene rings is 2. The molecule has 0 spiro atoms. The molecule has 0 saturated carbocycles. The molecule has 2 amide bonds. The first-order valence-corrected chi connectivity index (χ1v) is 9.42. The summed E-state index contributed by atoms with van der Waals surface area (Å²) >= 11 is 0. The zero-order valence-corrected chi connectivity index (χ0v) is 17.8. The van der Waals surface area contributed by atoms with Gasteiger partial charge < -0.3 is 29.2 Å². The summed E-state index contributed by atoms with van der Waals surface area (Å²) in [6, 6.07) is 12.7. The highest BCUT2D eigenvalue weighted by Crippen LogP contribution is 2.38. The summed E-state index contributed by atoms with van der Waals surface area (Å²) in [7, 11) is 6.01. The lowest BCUT2D eigenvalue weighted by Crippen LogP contribution is -2.41. The summed E-state index contributed by atoms with van der Waals surface area (Å²) in [4.78, 5) is 27.0. The van der Waals surface area contributed by atoms with Crippen LogP contribution in [0, 0.1) is 0 Å². The van der Waals surface area contributed by atoms with E-state index in [1.165, 1.54) is 33.5 Å². The molecule has 0 aliphatic rings. The second-order valence-corrected chi connectivity index (χ2v) is 6.39. The smallest absolute Gasteiger partial charge is 0.251 e. The van der Waals surface area contributed by atoms with Crippen LogP contribution in [-0.2, 0) is 16.1 Å². The molecule has 0 aliphatic heterocycles. The first kappa shape index (κ1) is 23.0. The van der Waals surface area contributed by atoms with Gasteiger partial charge in [0, 0.05) is 25.8 Å². The molecule has 2 aromatic carbocycles. The first-order valence-electron chi connectivity index (χ1n) is 9.42. The molecule has 2 aromatic rings. The van der Waals surface area contributed by atoms with Crippen LogP contribution in [0.25, 0.3) is 0 Å². The van der Waals surface area contributed by atoms with E-state index in [1.54, 1.807) is 12.0 Å². The summed E-state index contributed by atoms with van der Waals surface area (Å²) in [5.41, 5.74) is 1.29. The highest BCUT2D eigenvalue weighted by molar-refractivity contribution is 5.97. The van der Waals surface area contributed by atoms with Crippen LogP contribution in [0.5, 0.6) is 17.2 Å². The maximum Gasteiger partial charge on any atom is 0.251 e. The van der Waals surface area contributed by atoms with E-state index in [1.807, 2.05) is 30.3 Å². The zero-order chi connectivity index (χ0) is 21.9. The van der Waals surface area contributed by atoms with Gasteiger partial charge in [0.25, 0.3) is 5.91 Å². The van der Waals surface area contributed by atoms with Crippen molar-refractivity contribution in [2.45, 2.75) is 6.54 Å². The molecule has 8 nitrogen and oxygen atoms in total. The molecule has 0 atom stereocenters. The van der Waals surface area contributed by atoms with Crippen LogP contribution in [0.15, 0.2) is 42.5 Å². The van der Waals surface area contributed by atoms with E-state index >= 15 is 0 Å². The van der Waals surface area contributed by atoms with Crippen molar-refractivity contribution in [1.29, 1.82) is 0 Å². The van der Waals surface area contributed by atoms with Gasteiger partial charge in [-0.3, -0.25) is 9.59 Å². The Kier molecular flexibility index (Phi) is 8.96. The Morgan fingerprint density at radius 2 is 1.57 bits per heavy atom. The number of carbonyl (C=O) groups excluding carboxylic acids is 2. The minimum absolute atomic E-state index is 0.147. The van der Waals surface area contributed by atoms with E-state index in [-0.39, 0.29) is 12.5 Å². The Hall–Kier alpha value is -3.26. The fourth-order valence-electron chi connectivity index (χ4n) is 2.88. The van der Waals surface area contributed by atoms with E-state index in [9.17, 15) is 9.59 Å². The highest BCUT2D eigenvalue weighted by Gasteiger charge is 2.19. The Morgan fingerprint density at radius 3 is 2.10 bits per heavy atom. The van der Waals surface area contributed by atoms with E-state index in [4.69, 9.17) is 18.9 Å². The van der Waals surface area contributed by atoms with Crippen LogP contribution < -0.4 is 19.5 Å². The fourth-order valence-corrected chi connectivity index (χ4v) is 2.88. The Labute approximate surface area is 176 Å². The molecule has 0 aromatic heterocycles. The molecule has 162 valence electrons. The lowest BCUT2D eigenvalue weighted by molar-refractivity contribution is -0.131. The number of carbonyl (C=O) groups is 2. The molecule has 0 aliphatic carbocycles. The van der Waals surface area contributed by atoms with Gasteiger partial charge in [0.2, 0.25) is 11.7 Å². The summed E-state index contributed by atoms with van der Waals surface area (Å²) < 4.78 is 20.9. The fraction of sp³-hybridized carbons (Fsp3) is 0.364. The molecular weight excluding hydrogens is 388 g/mol. The van der Waals surface area contributed by atoms with Gasteiger partial charge in [0.1, 0.15) is 0 Å². The van der Waals surface area contributed by atoms with Crippen molar-refractivity contribution in [2.75, 3.05) is 48.1 Å². The number of ether oxygens (including phenoxy) is 4. The molecule has 2 rings (SSSR count). The van der Waals surface area contributed by atoms with Gasteiger partial charge in [-0.1, -0.05) is 30.3 Å². The number of nitrogens with zero attached hydrogens (tertiary/aromatic N) is 1. The van der Waals surface area contributed by atoms with Crippen LogP contribution in [0.1, 0.15) is 15.9 Å². The number of nitrogens with one attached hydrogen (secondary N) is 1. The van der Waals surface area contributed by atoms with Gasteiger partial charge in [-0.2, -0.15) is 0 Å². The average Bonchev–Trinajstić information content (AvgIpc) is 2.79. The number of amides is 2. The molecule has 8 heteroatoms. The van der Waals surface area contributed by atoms with E-state index in [2.05, 4.69) is 5.32 Å². The number of methoxy groups -OCH3 is 4. The van der Waals surface area contributed by atoms with Crippen LogP contribution in [0.4, 0.5) is 0 Å². The maximum absolute atomic E-state index is 12.7. The number of hydrogen-bond acceptors (Lipinski definition) is 6. The van der Waals surface area contributed by atoms with Gasteiger partial charge in [-0.05, 0) is 17.7 Å². The zero-order valence-electron chi connectivity index (χ0n) is 17.8. The third-order valence-electron chi connectivity index (χ3n) is 4.46. The SMILES string of the molecule is COCCN(Cc1ccccc1)C(=O)CNC(=O)c1cc(OC)c(OC)c(OC)c1. The van der Waals surface area contributed by atoms with Gasteiger partial charge >= 0.3 is 0 Å². The normalized spacial score (nSPS) is 10.3. The van der Waals surface area contributed by atoms with Gasteiger partial charge in [0.05, 0.1) is 34.5 Å². The molecule has 1 N–H and O–H groups in total. The molecular formula is C22H28N2O6. The lowest BCUT2D eigenvalue weighted by atomic mass is 10.1. The minimum atomic E-state index is -0.422. The Bertz CT molecular complexity index is 816. The summed E-state index contributed by atoms with van der Waals surface area (Å²) in [5, 5.41) is 2.66. The summed E-state index contributed by atoms with van der Waals surface area (Å²) in [5.74, 6) is 0.477. The molecule has 0 bridgehead atoms. The van der Waals surface area contributed by atoms with Crippen molar-refractivity contribution in [3.05, 3.63) is 53.6 Å². The highest BCUT2D eigenvalue weighted by atomic mass is 16.5. The van der Waals surface area contributed by atoms with Gasteiger partial charge in [-0.15, -0.1) is 0 Å². The van der Waals surface area contributed by atoms with E-state index in [0.717, 1.165) is 5.56 Å². The number of rotatable bonds is 11. The predicted molar refractivity (Wildman–Crippen MR) is 112 cm³/mol. The molecule has 0 radical (unpaired) electrons. The van der Waals surface area contributed by atoms with Crippen LogP contribution in [-0.4, -0.2) is 64.8 Å². The van der Waals surface area contributed by atoms with Crippen molar-refractivity contribution in [3.8, 4) is 17.2 Å². The van der Waals surface area contributed by atoms with Gasteiger partial charge in [0.15, 0.2) is 11.5 Å². The lowest BCUT2D eigenvalue weighted by Gasteiger charge is -2.23. The predicted octanol–water partition coefficient (Wildman–Crippen LogP) is 2.12. The standard InChI is InChI=1S/C22H28N2O6/c1-27-11-10-24(15-16-8-6-5-7-9-16)20(25)14-23-22(26)17-12-18(28-2)21(30-4)19(13-17)29-3/h5-9,12-13H,10-11,14-15H2,1-4H3,(H,23,26). The topological polar surface area (TPSA) is 86.3 Å². The number of hydrogen-bond donors (Lipinski definition) is 1. The molecule has 0 unspecified atom stereocenters. The van der Waals surface area contributed by atoms with Crippen molar-refractivity contribution in [2.24, 2.45) is 0 Å². The van der Waals surface area contributed by atoms with Crippen molar-refractivity contribution in [3.63, 3.8) is 0 Å².